The first-order valence-electron chi connectivity index (χ1n) is 6.87. The number of hydrogen-bond acceptors (Lipinski definition) is 3. The molecule has 4 nitrogen and oxygen atoms in total. The number of imidazole rings is 1. The number of hydrogen-bond donors (Lipinski definition) is 1. The summed E-state index contributed by atoms with van der Waals surface area (Å²) in [5.74, 6) is 0.902. The van der Waals surface area contributed by atoms with E-state index in [1.54, 1.807) is 6.20 Å². The quantitative estimate of drug-likeness (QED) is 0.512. The summed E-state index contributed by atoms with van der Waals surface area (Å²) in [6.45, 7) is 5.32. The summed E-state index contributed by atoms with van der Waals surface area (Å²) >= 11 is 6.03. The molecule has 1 N–H and O–H groups in total. The Bertz CT molecular complexity index is 521. The molecular formula is C15H20Cl3N3O-2. The minimum absolute atomic E-state index is 0. The molecule has 2 aromatic rings. The van der Waals surface area contributed by atoms with Gasteiger partial charge in [0.1, 0.15) is 5.75 Å². The Labute approximate surface area is 149 Å². The van der Waals surface area contributed by atoms with E-state index < -0.39 is 0 Å². The molecule has 0 spiro atoms. The third-order valence-electron chi connectivity index (χ3n) is 2.97. The van der Waals surface area contributed by atoms with Crippen LogP contribution in [0, 0.1) is 0 Å². The van der Waals surface area contributed by atoms with Gasteiger partial charge in [0.25, 0.3) is 0 Å². The van der Waals surface area contributed by atoms with E-state index in [1.165, 1.54) is 0 Å². The summed E-state index contributed by atoms with van der Waals surface area (Å²) in [4.78, 5) is 4.02. The van der Waals surface area contributed by atoms with Gasteiger partial charge in [-0.25, -0.2) is 4.98 Å². The molecule has 0 aliphatic rings. The van der Waals surface area contributed by atoms with Crippen molar-refractivity contribution in [2.75, 3.05) is 13.2 Å². The van der Waals surface area contributed by atoms with E-state index in [-0.39, 0.29) is 24.8 Å². The number of nitrogens with zero attached hydrogens (tertiary/aromatic N) is 2. The van der Waals surface area contributed by atoms with Gasteiger partial charge in [-0.2, -0.15) is 0 Å². The van der Waals surface area contributed by atoms with Crippen LogP contribution in [0.25, 0.3) is 0 Å². The number of rotatable bonds is 8. The second kappa shape index (κ2) is 11.6. The smallest absolute Gasteiger partial charge is 0.123 e. The molecule has 2 rings (SSSR count). The predicted molar refractivity (Wildman–Crippen MR) is 81.2 cm³/mol. The zero-order valence-corrected chi connectivity index (χ0v) is 14.7. The Balaban J connectivity index is 0.00000220. The Morgan fingerprint density at radius 2 is 2.14 bits per heavy atom. The van der Waals surface area contributed by atoms with Crippen molar-refractivity contribution in [2.45, 2.75) is 26.4 Å². The minimum atomic E-state index is 0. The summed E-state index contributed by atoms with van der Waals surface area (Å²) in [7, 11) is 0. The van der Waals surface area contributed by atoms with Crippen LogP contribution in [-0.2, 0) is 13.1 Å². The number of benzene rings is 1. The molecule has 0 radical (unpaired) electrons. The van der Waals surface area contributed by atoms with E-state index in [9.17, 15) is 0 Å². The molecule has 0 fully saturated rings. The van der Waals surface area contributed by atoms with Gasteiger partial charge in [0.05, 0.1) is 12.9 Å². The molecular weight excluding hydrogens is 345 g/mol. The fourth-order valence-corrected chi connectivity index (χ4v) is 2.21. The summed E-state index contributed by atoms with van der Waals surface area (Å²) in [5, 5.41) is 4.16. The Morgan fingerprint density at radius 1 is 1.32 bits per heavy atom. The number of aryl methyl sites for hydroxylation is 1. The van der Waals surface area contributed by atoms with Crippen LogP contribution >= 0.6 is 11.6 Å². The molecule has 1 heterocycles. The fourth-order valence-electron chi connectivity index (χ4n) is 2.01. The van der Waals surface area contributed by atoms with Crippen LogP contribution in [0.5, 0.6) is 5.75 Å². The predicted octanol–water partition coefficient (Wildman–Crippen LogP) is -2.88. The van der Waals surface area contributed by atoms with Crippen molar-refractivity contribution >= 4 is 11.6 Å². The summed E-state index contributed by atoms with van der Waals surface area (Å²) in [6, 6.07) is 5.73. The van der Waals surface area contributed by atoms with Gasteiger partial charge < -0.3 is 39.4 Å². The molecule has 0 saturated carbocycles. The highest BCUT2D eigenvalue weighted by Crippen LogP contribution is 2.22. The van der Waals surface area contributed by atoms with Crippen LogP contribution in [-0.4, -0.2) is 22.7 Å². The lowest BCUT2D eigenvalue weighted by Crippen LogP contribution is -3.00. The number of ether oxygens (including phenoxy) is 1. The highest BCUT2D eigenvalue weighted by atomic mass is 35.5. The second-order valence-electron chi connectivity index (χ2n) is 4.52. The molecule has 1 aromatic carbocycles. The van der Waals surface area contributed by atoms with Gasteiger partial charge in [0.15, 0.2) is 0 Å². The molecule has 0 bridgehead atoms. The minimum Gasteiger partial charge on any atom is -1.00 e. The Kier molecular flexibility index (Phi) is 11.1. The maximum atomic E-state index is 6.03. The van der Waals surface area contributed by atoms with E-state index in [1.807, 2.05) is 37.6 Å². The molecule has 0 atom stereocenters. The van der Waals surface area contributed by atoms with E-state index >= 15 is 0 Å². The van der Waals surface area contributed by atoms with Gasteiger partial charge in [0.2, 0.25) is 0 Å². The standard InChI is InChI=1S/C15H20ClN3O.2ClH/c1-2-20-15-5-4-14(16)10-13(15)11-17-6-3-8-19-9-7-18-12-19;;/h4-5,7,9-10,12,17H,2-3,6,8,11H2,1H3;2*1H/p-2. The van der Waals surface area contributed by atoms with Crippen LogP contribution in [0.1, 0.15) is 18.9 Å². The highest BCUT2D eigenvalue weighted by Gasteiger charge is 2.04. The maximum absolute atomic E-state index is 6.03. The average Bonchev–Trinajstić information content (AvgIpc) is 2.94. The summed E-state index contributed by atoms with van der Waals surface area (Å²) in [5.41, 5.74) is 1.10. The van der Waals surface area contributed by atoms with Crippen LogP contribution in [0.15, 0.2) is 36.9 Å². The third kappa shape index (κ3) is 6.88. The normalized spacial score (nSPS) is 9.73. The molecule has 124 valence electrons. The van der Waals surface area contributed by atoms with Crippen molar-refractivity contribution in [3.05, 3.63) is 47.5 Å². The number of nitrogens with one attached hydrogen (secondary N) is 1. The largest absolute Gasteiger partial charge is 1.00 e. The topological polar surface area (TPSA) is 39.1 Å². The average molecular weight is 365 g/mol. The van der Waals surface area contributed by atoms with Crippen molar-refractivity contribution in [3.63, 3.8) is 0 Å². The molecule has 1 aromatic heterocycles. The molecule has 7 heteroatoms. The first kappa shape index (κ1) is 21.1. The van der Waals surface area contributed by atoms with Crippen molar-refractivity contribution in [3.8, 4) is 5.75 Å². The SMILES string of the molecule is CCOc1ccc(Cl)cc1CNCCCn1ccnc1.[Cl-].[Cl-]. The molecule has 0 saturated heterocycles. The second-order valence-corrected chi connectivity index (χ2v) is 4.95. The van der Waals surface area contributed by atoms with Crippen molar-refractivity contribution in [2.24, 2.45) is 0 Å². The van der Waals surface area contributed by atoms with Gasteiger partial charge in [-0.3, -0.25) is 0 Å². The van der Waals surface area contributed by atoms with Gasteiger partial charge >= 0.3 is 0 Å². The monoisotopic (exact) mass is 363 g/mol. The maximum Gasteiger partial charge on any atom is 0.123 e. The first-order chi connectivity index (χ1) is 9.79. The molecule has 0 aliphatic carbocycles. The lowest BCUT2D eigenvalue weighted by Gasteiger charge is -2.11. The zero-order chi connectivity index (χ0) is 14.2. The Morgan fingerprint density at radius 3 is 2.82 bits per heavy atom. The van der Waals surface area contributed by atoms with E-state index in [0.29, 0.717) is 6.61 Å². The zero-order valence-electron chi connectivity index (χ0n) is 12.4. The van der Waals surface area contributed by atoms with Crippen LogP contribution in [0.2, 0.25) is 5.02 Å². The molecule has 0 aliphatic heterocycles. The molecule has 0 unspecified atom stereocenters. The van der Waals surface area contributed by atoms with Crippen LogP contribution < -0.4 is 34.9 Å². The van der Waals surface area contributed by atoms with Crippen molar-refractivity contribution in [1.29, 1.82) is 0 Å². The van der Waals surface area contributed by atoms with Gasteiger partial charge in [-0.15, -0.1) is 0 Å². The lowest BCUT2D eigenvalue weighted by atomic mass is 10.2. The first-order valence-corrected chi connectivity index (χ1v) is 7.25. The van der Waals surface area contributed by atoms with Crippen molar-refractivity contribution < 1.29 is 29.6 Å². The van der Waals surface area contributed by atoms with E-state index in [4.69, 9.17) is 16.3 Å². The summed E-state index contributed by atoms with van der Waals surface area (Å²) < 4.78 is 7.67. The Hall–Kier alpha value is -0.940. The van der Waals surface area contributed by atoms with Gasteiger partial charge in [-0.05, 0) is 38.1 Å². The van der Waals surface area contributed by atoms with E-state index in [0.717, 1.165) is 42.4 Å². The van der Waals surface area contributed by atoms with Crippen molar-refractivity contribution in [1.82, 2.24) is 14.9 Å². The van der Waals surface area contributed by atoms with Gasteiger partial charge in [-0.1, -0.05) is 11.6 Å². The highest BCUT2D eigenvalue weighted by molar-refractivity contribution is 6.30. The van der Waals surface area contributed by atoms with Gasteiger partial charge in [0, 0.05) is 36.1 Å². The third-order valence-corrected chi connectivity index (χ3v) is 3.20. The number of aromatic nitrogens is 2. The lowest BCUT2D eigenvalue weighted by molar-refractivity contribution is -0.00100. The van der Waals surface area contributed by atoms with E-state index in [2.05, 4.69) is 14.9 Å². The fraction of sp³-hybridized carbons (Fsp3) is 0.400. The molecule has 22 heavy (non-hydrogen) atoms. The van der Waals surface area contributed by atoms with Crippen LogP contribution in [0.4, 0.5) is 0 Å². The van der Waals surface area contributed by atoms with Crippen LogP contribution in [0.3, 0.4) is 0 Å². The molecule has 0 amide bonds. The number of halogens is 3. The summed E-state index contributed by atoms with van der Waals surface area (Å²) in [6.07, 6.45) is 6.67.